The third-order valence-corrected chi connectivity index (χ3v) is 3.75. The zero-order chi connectivity index (χ0) is 9.76. The Morgan fingerprint density at radius 1 is 1.64 bits per heavy atom. The summed E-state index contributed by atoms with van der Waals surface area (Å²) in [6.45, 7) is 2.86. The monoisotopic (exact) mass is 212 g/mol. The highest BCUT2D eigenvalue weighted by molar-refractivity contribution is 6.20. The Labute approximate surface area is 87.6 Å². The molecule has 2 saturated carbocycles. The van der Waals surface area contributed by atoms with Crippen LogP contribution in [0.15, 0.2) is 0 Å². The fourth-order valence-electron chi connectivity index (χ4n) is 2.30. The van der Waals surface area contributed by atoms with Crippen LogP contribution < -0.4 is 0 Å². The predicted octanol–water partition coefficient (Wildman–Crippen LogP) is 1.77. The van der Waals surface area contributed by atoms with E-state index in [1.807, 2.05) is 11.6 Å². The van der Waals surface area contributed by atoms with Crippen molar-refractivity contribution < 1.29 is 0 Å². The molecule has 1 spiro atoms. The van der Waals surface area contributed by atoms with E-state index in [-0.39, 0.29) is 5.38 Å². The van der Waals surface area contributed by atoms with Crippen molar-refractivity contribution in [3.63, 3.8) is 0 Å². The molecule has 0 radical (unpaired) electrons. The lowest BCUT2D eigenvalue weighted by Gasteiger charge is -2.04. The molecule has 0 N–H and O–H groups in total. The van der Waals surface area contributed by atoms with Crippen LogP contribution in [0.3, 0.4) is 0 Å². The van der Waals surface area contributed by atoms with Crippen molar-refractivity contribution in [3.8, 4) is 0 Å². The first-order chi connectivity index (χ1) is 6.71. The Morgan fingerprint density at radius 2 is 2.43 bits per heavy atom. The molecule has 3 rings (SSSR count). The van der Waals surface area contributed by atoms with Gasteiger partial charge in [-0.2, -0.15) is 0 Å². The molecule has 2 aliphatic carbocycles. The van der Waals surface area contributed by atoms with Crippen LogP contribution in [0, 0.1) is 11.3 Å². The Balaban J connectivity index is 1.73. The maximum atomic E-state index is 5.98. The molecule has 4 nitrogen and oxygen atoms in total. The summed E-state index contributed by atoms with van der Waals surface area (Å²) in [5, 5.41) is 11.5. The van der Waals surface area contributed by atoms with Gasteiger partial charge < -0.3 is 0 Å². The molecule has 0 saturated heterocycles. The van der Waals surface area contributed by atoms with Gasteiger partial charge in [0.15, 0.2) is 5.82 Å². The lowest BCUT2D eigenvalue weighted by atomic mass is 10.3. The minimum atomic E-state index is -0.0982. The van der Waals surface area contributed by atoms with Gasteiger partial charge in [-0.1, -0.05) is 0 Å². The summed E-state index contributed by atoms with van der Waals surface area (Å²) in [4.78, 5) is 0. The van der Waals surface area contributed by atoms with Crippen molar-refractivity contribution >= 4 is 11.6 Å². The molecule has 0 aliphatic heterocycles. The maximum absolute atomic E-state index is 5.98. The summed E-state index contributed by atoms with van der Waals surface area (Å²) in [5.74, 6) is 1.61. The number of hydrogen-bond donors (Lipinski definition) is 0. The molecule has 2 fully saturated rings. The second-order valence-corrected chi connectivity index (χ2v) is 5.25. The Hall–Kier alpha value is -0.640. The van der Waals surface area contributed by atoms with Gasteiger partial charge in [0.25, 0.3) is 0 Å². The predicted molar refractivity (Wildman–Crippen MR) is 51.9 cm³/mol. The topological polar surface area (TPSA) is 43.6 Å². The number of nitrogens with zero attached hydrogens (tertiary/aromatic N) is 4. The van der Waals surface area contributed by atoms with Crippen LogP contribution in [0.1, 0.15) is 37.4 Å². The van der Waals surface area contributed by atoms with Gasteiger partial charge in [-0.3, -0.25) is 0 Å². The summed E-state index contributed by atoms with van der Waals surface area (Å²) in [7, 11) is 0. The summed E-state index contributed by atoms with van der Waals surface area (Å²) < 4.78 is 1.87. The van der Waals surface area contributed by atoms with E-state index >= 15 is 0 Å². The number of halogens is 1. The van der Waals surface area contributed by atoms with Crippen molar-refractivity contribution in [2.45, 2.75) is 38.1 Å². The van der Waals surface area contributed by atoms with Gasteiger partial charge in [0.1, 0.15) is 0 Å². The molecule has 5 heteroatoms. The first-order valence-electron chi connectivity index (χ1n) is 5.11. The highest BCUT2D eigenvalue weighted by atomic mass is 35.5. The number of aromatic nitrogens is 4. The fourth-order valence-corrected chi connectivity index (χ4v) is 2.45. The molecule has 2 unspecified atom stereocenters. The first kappa shape index (κ1) is 8.65. The van der Waals surface area contributed by atoms with E-state index in [0.29, 0.717) is 5.41 Å². The quantitative estimate of drug-likeness (QED) is 0.718. The van der Waals surface area contributed by atoms with Crippen molar-refractivity contribution in [1.82, 2.24) is 20.2 Å². The smallest absolute Gasteiger partial charge is 0.168 e. The normalized spacial score (nSPS) is 29.1. The summed E-state index contributed by atoms with van der Waals surface area (Å²) in [6, 6.07) is 0. The highest BCUT2D eigenvalue weighted by Gasteiger charge is 2.62. The lowest BCUT2D eigenvalue weighted by Crippen LogP contribution is -2.08. The number of tetrazole rings is 1. The molecule has 0 bridgehead atoms. The third kappa shape index (κ3) is 1.24. The first-order valence-corrected chi connectivity index (χ1v) is 5.55. The SMILES string of the molecule is CC(Cl)c1nnnn1CC1CC12CC2. The van der Waals surface area contributed by atoms with E-state index in [1.54, 1.807) is 0 Å². The minimum Gasteiger partial charge on any atom is -0.228 e. The fraction of sp³-hybridized carbons (Fsp3) is 0.889. The second-order valence-electron chi connectivity index (χ2n) is 4.60. The summed E-state index contributed by atoms with van der Waals surface area (Å²) >= 11 is 5.98. The maximum Gasteiger partial charge on any atom is 0.168 e. The lowest BCUT2D eigenvalue weighted by molar-refractivity contribution is 0.495. The van der Waals surface area contributed by atoms with Gasteiger partial charge in [-0.25, -0.2) is 4.68 Å². The van der Waals surface area contributed by atoms with Gasteiger partial charge in [-0.05, 0) is 47.9 Å². The van der Waals surface area contributed by atoms with Crippen molar-refractivity contribution in [3.05, 3.63) is 5.82 Å². The van der Waals surface area contributed by atoms with Crippen LogP contribution in [0.25, 0.3) is 0 Å². The zero-order valence-electron chi connectivity index (χ0n) is 8.15. The second kappa shape index (κ2) is 2.69. The van der Waals surface area contributed by atoms with Crippen LogP contribution in [0.4, 0.5) is 0 Å². The molecule has 14 heavy (non-hydrogen) atoms. The van der Waals surface area contributed by atoms with Gasteiger partial charge in [-0.15, -0.1) is 16.7 Å². The van der Waals surface area contributed by atoms with Crippen LogP contribution in [0.2, 0.25) is 0 Å². The molecular formula is C9H13ClN4. The minimum absolute atomic E-state index is 0.0982. The molecule has 0 aromatic carbocycles. The zero-order valence-corrected chi connectivity index (χ0v) is 8.91. The molecule has 2 atom stereocenters. The summed E-state index contributed by atoms with van der Waals surface area (Å²) in [5.41, 5.74) is 0.707. The van der Waals surface area contributed by atoms with Gasteiger partial charge >= 0.3 is 0 Å². The van der Waals surface area contributed by atoms with E-state index in [2.05, 4.69) is 15.5 Å². The van der Waals surface area contributed by atoms with Crippen molar-refractivity contribution in [2.75, 3.05) is 0 Å². The Bertz CT molecular complexity index is 355. The Morgan fingerprint density at radius 3 is 3.00 bits per heavy atom. The van der Waals surface area contributed by atoms with Gasteiger partial charge in [0, 0.05) is 6.54 Å². The molecule has 1 heterocycles. The molecule has 1 aromatic heterocycles. The van der Waals surface area contributed by atoms with Crippen LogP contribution in [-0.4, -0.2) is 20.2 Å². The van der Waals surface area contributed by atoms with E-state index in [1.165, 1.54) is 19.3 Å². The Kier molecular flexibility index (Phi) is 1.66. The van der Waals surface area contributed by atoms with E-state index < -0.39 is 0 Å². The highest BCUT2D eigenvalue weighted by Crippen LogP contribution is 2.70. The third-order valence-electron chi connectivity index (χ3n) is 3.56. The number of hydrogen-bond acceptors (Lipinski definition) is 3. The molecule has 1 aromatic rings. The van der Waals surface area contributed by atoms with Crippen molar-refractivity contribution in [1.29, 1.82) is 0 Å². The average molecular weight is 213 g/mol. The molecule has 76 valence electrons. The van der Waals surface area contributed by atoms with Crippen LogP contribution in [-0.2, 0) is 6.54 Å². The van der Waals surface area contributed by atoms with E-state index in [4.69, 9.17) is 11.6 Å². The van der Waals surface area contributed by atoms with E-state index in [9.17, 15) is 0 Å². The van der Waals surface area contributed by atoms with Gasteiger partial charge in [0.2, 0.25) is 0 Å². The number of alkyl halides is 1. The molecule has 2 aliphatic rings. The average Bonchev–Trinajstić information content (AvgIpc) is 2.98. The van der Waals surface area contributed by atoms with Crippen LogP contribution >= 0.6 is 11.6 Å². The van der Waals surface area contributed by atoms with Crippen molar-refractivity contribution in [2.24, 2.45) is 11.3 Å². The molecular weight excluding hydrogens is 200 g/mol. The van der Waals surface area contributed by atoms with Gasteiger partial charge in [0.05, 0.1) is 5.38 Å². The summed E-state index contributed by atoms with van der Waals surface area (Å²) in [6.07, 6.45) is 4.18. The van der Waals surface area contributed by atoms with Crippen LogP contribution in [0.5, 0.6) is 0 Å². The molecule has 0 amide bonds. The largest absolute Gasteiger partial charge is 0.228 e. The standard InChI is InChI=1S/C9H13ClN4/c1-6(10)8-11-12-13-14(8)5-7-4-9(7)2-3-9/h6-7H,2-5H2,1H3. The number of rotatable bonds is 3. The van der Waals surface area contributed by atoms with E-state index in [0.717, 1.165) is 18.3 Å².